The van der Waals surface area contributed by atoms with Crippen LogP contribution in [0.3, 0.4) is 0 Å². The Bertz CT molecular complexity index is 1000. The first-order valence-electron chi connectivity index (χ1n) is 9.89. The number of hydrogen-bond donors (Lipinski definition) is 0. The quantitative estimate of drug-likeness (QED) is 0.592. The summed E-state index contributed by atoms with van der Waals surface area (Å²) in [5.74, 6) is -0.900. The van der Waals surface area contributed by atoms with E-state index in [1.807, 2.05) is 12.1 Å². The molecule has 2 aromatic rings. The molecular formula is C22H25ClFNO4S. The van der Waals surface area contributed by atoms with E-state index in [4.69, 9.17) is 16.3 Å². The van der Waals surface area contributed by atoms with Crippen LogP contribution in [0.5, 0.6) is 0 Å². The maximum Gasteiger partial charge on any atom is 0.309 e. The van der Waals surface area contributed by atoms with Crippen molar-refractivity contribution < 1.29 is 22.3 Å². The molecule has 1 fully saturated rings. The van der Waals surface area contributed by atoms with Crippen LogP contribution in [0.25, 0.3) is 0 Å². The Hall–Kier alpha value is -1.96. The summed E-state index contributed by atoms with van der Waals surface area (Å²) in [6, 6.07) is 10.8. The Balaban J connectivity index is 1.56. The highest BCUT2D eigenvalue weighted by atomic mass is 35.5. The normalized spacial score (nSPS) is 16.0. The average Bonchev–Trinajstić information content (AvgIpc) is 2.73. The lowest BCUT2D eigenvalue weighted by molar-refractivity contribution is -0.151. The molecule has 3 rings (SSSR count). The Morgan fingerprint density at radius 2 is 1.80 bits per heavy atom. The molecule has 0 aromatic heterocycles. The van der Waals surface area contributed by atoms with Gasteiger partial charge in [-0.05, 0) is 48.6 Å². The van der Waals surface area contributed by atoms with E-state index < -0.39 is 21.8 Å². The molecule has 1 saturated heterocycles. The smallest absolute Gasteiger partial charge is 0.309 e. The van der Waals surface area contributed by atoms with Gasteiger partial charge in [0.2, 0.25) is 10.0 Å². The summed E-state index contributed by atoms with van der Waals surface area (Å²) in [5, 5.41) is 0.201. The molecule has 5 nitrogen and oxygen atoms in total. The van der Waals surface area contributed by atoms with Crippen molar-refractivity contribution in [3.63, 3.8) is 0 Å². The molecule has 0 aliphatic carbocycles. The van der Waals surface area contributed by atoms with Crippen LogP contribution in [0.15, 0.2) is 47.4 Å². The fraction of sp³-hybridized carbons (Fsp3) is 0.409. The van der Waals surface area contributed by atoms with Crippen molar-refractivity contribution in [3.05, 3.63) is 64.4 Å². The minimum Gasteiger partial charge on any atom is -0.461 e. The Kier molecular flexibility index (Phi) is 7.16. The number of rotatable bonds is 6. The second kappa shape index (κ2) is 9.45. The lowest BCUT2D eigenvalue weighted by Crippen LogP contribution is -2.40. The van der Waals surface area contributed by atoms with Gasteiger partial charge >= 0.3 is 5.97 Å². The zero-order valence-corrected chi connectivity index (χ0v) is 18.5. The molecule has 8 heteroatoms. The van der Waals surface area contributed by atoms with Crippen LogP contribution in [-0.4, -0.2) is 31.8 Å². The Morgan fingerprint density at radius 1 is 1.17 bits per heavy atom. The summed E-state index contributed by atoms with van der Waals surface area (Å²) in [4.78, 5) is 12.6. The number of halogens is 2. The van der Waals surface area contributed by atoms with E-state index >= 15 is 0 Å². The zero-order valence-electron chi connectivity index (χ0n) is 17.0. The third-order valence-corrected chi connectivity index (χ3v) is 7.62. The molecule has 1 aliphatic heterocycles. The Labute approximate surface area is 181 Å². The molecule has 30 heavy (non-hydrogen) atoms. The molecule has 0 atom stereocenters. The molecule has 1 aliphatic rings. The molecule has 0 bridgehead atoms. The van der Waals surface area contributed by atoms with E-state index in [2.05, 4.69) is 13.8 Å². The van der Waals surface area contributed by atoms with Crippen LogP contribution in [0.4, 0.5) is 4.39 Å². The van der Waals surface area contributed by atoms with Crippen LogP contribution in [-0.2, 0) is 26.2 Å². The summed E-state index contributed by atoms with van der Waals surface area (Å²) in [6.07, 6.45) is 0.776. The van der Waals surface area contributed by atoms with Gasteiger partial charge in [0.25, 0.3) is 0 Å². The Morgan fingerprint density at radius 3 is 2.37 bits per heavy atom. The lowest BCUT2D eigenvalue weighted by atomic mass is 9.98. The standard InChI is InChI=1S/C22H25ClFNO4S/c1-15(2)16-4-7-20(8-5-16)30(27,28)25-11-9-17(10-12-25)22(26)29-14-18-3-6-19(24)13-21(18)23/h3-8,13,15,17H,9-12,14H2,1-2H3. The maximum atomic E-state index is 13.1. The number of benzene rings is 2. The fourth-order valence-corrected chi connectivity index (χ4v) is 5.10. The van der Waals surface area contributed by atoms with Gasteiger partial charge in [0.15, 0.2) is 0 Å². The van der Waals surface area contributed by atoms with Crippen molar-refractivity contribution in [2.45, 2.75) is 44.1 Å². The van der Waals surface area contributed by atoms with Crippen LogP contribution >= 0.6 is 11.6 Å². The lowest BCUT2D eigenvalue weighted by Gasteiger charge is -2.30. The van der Waals surface area contributed by atoms with Gasteiger partial charge in [0.1, 0.15) is 12.4 Å². The van der Waals surface area contributed by atoms with E-state index in [0.717, 1.165) is 5.56 Å². The summed E-state index contributed by atoms with van der Waals surface area (Å²) in [6.45, 7) is 4.57. The summed E-state index contributed by atoms with van der Waals surface area (Å²) >= 11 is 5.95. The van der Waals surface area contributed by atoms with Gasteiger partial charge in [0.05, 0.1) is 15.8 Å². The van der Waals surface area contributed by atoms with Gasteiger partial charge in [0, 0.05) is 18.7 Å². The van der Waals surface area contributed by atoms with Gasteiger partial charge in [-0.25, -0.2) is 12.8 Å². The molecule has 1 heterocycles. The minimum absolute atomic E-state index is 0.0430. The van der Waals surface area contributed by atoms with Gasteiger partial charge in [-0.2, -0.15) is 4.31 Å². The molecule has 0 radical (unpaired) electrons. The zero-order chi connectivity index (χ0) is 21.9. The summed E-state index contributed by atoms with van der Waals surface area (Å²) in [7, 11) is -3.59. The SMILES string of the molecule is CC(C)c1ccc(S(=O)(=O)N2CCC(C(=O)OCc3ccc(F)cc3Cl)CC2)cc1. The molecule has 0 N–H and O–H groups in total. The first-order chi connectivity index (χ1) is 14.2. The van der Waals surface area contributed by atoms with Crippen LogP contribution in [0, 0.1) is 11.7 Å². The van der Waals surface area contributed by atoms with E-state index in [-0.39, 0.29) is 35.5 Å². The maximum absolute atomic E-state index is 13.1. The number of sulfonamides is 1. The highest BCUT2D eigenvalue weighted by Gasteiger charge is 2.32. The fourth-order valence-electron chi connectivity index (χ4n) is 3.41. The number of ether oxygens (including phenoxy) is 1. The van der Waals surface area contributed by atoms with E-state index in [9.17, 15) is 17.6 Å². The number of carbonyl (C=O) groups is 1. The van der Waals surface area contributed by atoms with Gasteiger partial charge < -0.3 is 4.74 Å². The highest BCUT2D eigenvalue weighted by Crippen LogP contribution is 2.26. The molecule has 2 aromatic carbocycles. The first-order valence-corrected chi connectivity index (χ1v) is 11.7. The predicted molar refractivity (Wildman–Crippen MR) is 113 cm³/mol. The molecule has 0 amide bonds. The topological polar surface area (TPSA) is 63.7 Å². The second-order valence-corrected chi connectivity index (χ2v) is 10.1. The van der Waals surface area contributed by atoms with Crippen molar-refractivity contribution in [2.24, 2.45) is 5.92 Å². The predicted octanol–water partition coefficient (Wildman–Crippen LogP) is 4.75. The third-order valence-electron chi connectivity index (χ3n) is 5.36. The second-order valence-electron chi connectivity index (χ2n) is 7.75. The minimum atomic E-state index is -3.59. The van der Waals surface area contributed by atoms with Crippen molar-refractivity contribution in [1.82, 2.24) is 4.31 Å². The highest BCUT2D eigenvalue weighted by molar-refractivity contribution is 7.89. The third kappa shape index (κ3) is 5.20. The number of carbonyl (C=O) groups excluding carboxylic acids is 1. The monoisotopic (exact) mass is 453 g/mol. The number of esters is 1. The van der Waals surface area contributed by atoms with Crippen LogP contribution in [0.1, 0.15) is 43.7 Å². The van der Waals surface area contributed by atoms with Crippen molar-refractivity contribution in [1.29, 1.82) is 0 Å². The van der Waals surface area contributed by atoms with Gasteiger partial charge in [-0.3, -0.25) is 4.79 Å². The first kappa shape index (κ1) is 22.7. The average molecular weight is 454 g/mol. The van der Waals surface area contributed by atoms with E-state index in [1.165, 1.54) is 22.5 Å². The number of piperidine rings is 1. The van der Waals surface area contributed by atoms with Crippen molar-refractivity contribution in [2.75, 3.05) is 13.1 Å². The largest absolute Gasteiger partial charge is 0.461 e. The molecule has 162 valence electrons. The molecule has 0 saturated carbocycles. The summed E-state index contributed by atoms with van der Waals surface area (Å²) < 4.78 is 45.6. The number of hydrogen-bond acceptors (Lipinski definition) is 4. The molecule has 0 spiro atoms. The van der Waals surface area contributed by atoms with E-state index in [1.54, 1.807) is 12.1 Å². The molecule has 0 unspecified atom stereocenters. The summed E-state index contributed by atoms with van der Waals surface area (Å²) in [5.41, 5.74) is 1.60. The number of nitrogens with zero attached hydrogens (tertiary/aromatic N) is 1. The van der Waals surface area contributed by atoms with Crippen LogP contribution < -0.4 is 0 Å². The van der Waals surface area contributed by atoms with Gasteiger partial charge in [-0.15, -0.1) is 0 Å². The van der Waals surface area contributed by atoms with Crippen molar-refractivity contribution >= 4 is 27.6 Å². The van der Waals surface area contributed by atoms with Crippen molar-refractivity contribution in [3.8, 4) is 0 Å². The molecular weight excluding hydrogens is 429 g/mol. The van der Waals surface area contributed by atoms with Crippen LogP contribution in [0.2, 0.25) is 5.02 Å². The van der Waals surface area contributed by atoms with Gasteiger partial charge in [-0.1, -0.05) is 43.6 Å². The van der Waals surface area contributed by atoms with E-state index in [0.29, 0.717) is 24.3 Å².